The van der Waals surface area contributed by atoms with Gasteiger partial charge in [-0.1, -0.05) is 0 Å². The standard InChI is InChI=1S/C17H19NO7/c1-17(2,3)25-16(21)18-11(12-7-6-8-24-12)9-10(14(19)22-4)13(18)15(20)23-5/h6-9H,1-5H3. The SMILES string of the molecule is COC(=O)c1cc(-c2ccco2)n(C(=O)OC(C)(C)C)c1C(=O)OC. The Bertz CT molecular complexity index is 794. The molecule has 0 radical (unpaired) electrons. The lowest BCUT2D eigenvalue weighted by Crippen LogP contribution is -2.30. The molecule has 2 aromatic heterocycles. The van der Waals surface area contributed by atoms with Gasteiger partial charge in [0.25, 0.3) is 0 Å². The zero-order chi connectivity index (χ0) is 18.8. The summed E-state index contributed by atoms with van der Waals surface area (Å²) in [5.41, 5.74) is -1.08. The molecule has 0 N–H and O–H groups in total. The van der Waals surface area contributed by atoms with Crippen LogP contribution in [0.15, 0.2) is 28.9 Å². The van der Waals surface area contributed by atoms with Crippen LogP contribution in [0.5, 0.6) is 0 Å². The van der Waals surface area contributed by atoms with Crippen LogP contribution in [0.25, 0.3) is 11.5 Å². The number of hydrogen-bond acceptors (Lipinski definition) is 7. The molecule has 2 aromatic rings. The molecule has 8 nitrogen and oxygen atoms in total. The molecule has 0 atom stereocenters. The van der Waals surface area contributed by atoms with Gasteiger partial charge in [0.1, 0.15) is 5.60 Å². The van der Waals surface area contributed by atoms with Crippen LogP contribution >= 0.6 is 0 Å². The highest BCUT2D eigenvalue weighted by Gasteiger charge is 2.33. The maximum atomic E-state index is 12.7. The molecule has 0 aliphatic heterocycles. The van der Waals surface area contributed by atoms with Crippen LogP contribution < -0.4 is 0 Å². The Kier molecular flexibility index (Phi) is 5.01. The minimum absolute atomic E-state index is 0.133. The van der Waals surface area contributed by atoms with Crippen molar-refractivity contribution >= 4 is 18.0 Å². The average Bonchev–Trinajstić information content (AvgIpc) is 3.18. The number of ether oxygens (including phenoxy) is 3. The molecule has 0 fully saturated rings. The molecular formula is C17H19NO7. The summed E-state index contributed by atoms with van der Waals surface area (Å²) in [6.07, 6.45) is 0.548. The molecule has 0 aromatic carbocycles. The van der Waals surface area contributed by atoms with E-state index < -0.39 is 23.6 Å². The quantitative estimate of drug-likeness (QED) is 0.620. The van der Waals surface area contributed by atoms with Crippen molar-refractivity contribution in [3.63, 3.8) is 0 Å². The predicted octanol–water partition coefficient (Wildman–Crippen LogP) is 3.10. The number of aromatic nitrogens is 1. The van der Waals surface area contributed by atoms with Crippen LogP contribution in [0.4, 0.5) is 4.79 Å². The number of carbonyl (C=O) groups excluding carboxylic acids is 3. The van der Waals surface area contributed by atoms with Gasteiger partial charge in [0.05, 0.1) is 31.7 Å². The van der Waals surface area contributed by atoms with Crippen molar-refractivity contribution in [2.75, 3.05) is 14.2 Å². The molecule has 0 saturated heterocycles. The van der Waals surface area contributed by atoms with Crippen LogP contribution in [0.2, 0.25) is 0 Å². The van der Waals surface area contributed by atoms with E-state index in [1.807, 2.05) is 0 Å². The number of methoxy groups -OCH3 is 2. The van der Waals surface area contributed by atoms with Gasteiger partial charge >= 0.3 is 18.0 Å². The third-order valence-electron chi connectivity index (χ3n) is 3.13. The highest BCUT2D eigenvalue weighted by Crippen LogP contribution is 2.29. The molecule has 25 heavy (non-hydrogen) atoms. The van der Waals surface area contributed by atoms with Crippen molar-refractivity contribution in [3.8, 4) is 11.5 Å². The maximum absolute atomic E-state index is 12.7. The Balaban J connectivity index is 2.75. The number of furan rings is 1. The van der Waals surface area contributed by atoms with Gasteiger partial charge < -0.3 is 18.6 Å². The molecule has 8 heteroatoms. The first-order chi connectivity index (χ1) is 11.7. The molecule has 0 aliphatic carbocycles. The summed E-state index contributed by atoms with van der Waals surface area (Å²) < 4.78 is 21.0. The zero-order valence-electron chi connectivity index (χ0n) is 14.6. The molecule has 0 aliphatic rings. The maximum Gasteiger partial charge on any atom is 0.419 e. The molecule has 2 rings (SSSR count). The van der Waals surface area contributed by atoms with E-state index in [-0.39, 0.29) is 22.7 Å². The highest BCUT2D eigenvalue weighted by atomic mass is 16.6. The molecule has 0 unspecified atom stereocenters. The Morgan fingerprint density at radius 2 is 1.72 bits per heavy atom. The van der Waals surface area contributed by atoms with E-state index in [1.165, 1.54) is 19.4 Å². The summed E-state index contributed by atoms with van der Waals surface area (Å²) in [4.78, 5) is 37.0. The van der Waals surface area contributed by atoms with Gasteiger partial charge in [-0.3, -0.25) is 0 Å². The van der Waals surface area contributed by atoms with Gasteiger partial charge in [-0.2, -0.15) is 0 Å². The Labute approximate surface area is 144 Å². The summed E-state index contributed by atoms with van der Waals surface area (Å²) in [5.74, 6) is -1.41. The molecular weight excluding hydrogens is 330 g/mol. The average molecular weight is 349 g/mol. The van der Waals surface area contributed by atoms with Gasteiger partial charge in [-0.05, 0) is 39.0 Å². The van der Waals surface area contributed by atoms with Gasteiger partial charge in [0, 0.05) is 0 Å². The fourth-order valence-corrected chi connectivity index (χ4v) is 2.18. The van der Waals surface area contributed by atoms with Gasteiger partial charge in [-0.25, -0.2) is 19.0 Å². The van der Waals surface area contributed by atoms with Gasteiger partial charge in [0.15, 0.2) is 11.5 Å². The fourth-order valence-electron chi connectivity index (χ4n) is 2.18. The van der Waals surface area contributed by atoms with E-state index in [0.717, 1.165) is 11.7 Å². The zero-order valence-corrected chi connectivity index (χ0v) is 14.6. The Morgan fingerprint density at radius 1 is 1.08 bits per heavy atom. The molecule has 2 heterocycles. The third-order valence-corrected chi connectivity index (χ3v) is 3.13. The highest BCUT2D eigenvalue weighted by molar-refractivity contribution is 6.06. The molecule has 0 amide bonds. The van der Waals surface area contributed by atoms with Crippen molar-refractivity contribution in [1.29, 1.82) is 0 Å². The summed E-state index contributed by atoms with van der Waals surface area (Å²) in [7, 11) is 2.31. The minimum atomic E-state index is -0.885. The number of hydrogen-bond donors (Lipinski definition) is 0. The van der Waals surface area contributed by atoms with Gasteiger partial charge in [0.2, 0.25) is 0 Å². The normalized spacial score (nSPS) is 11.1. The summed E-state index contributed by atoms with van der Waals surface area (Å²) in [6.45, 7) is 5.04. The van der Waals surface area contributed by atoms with Crippen LogP contribution in [0.1, 0.15) is 41.6 Å². The Morgan fingerprint density at radius 3 is 2.20 bits per heavy atom. The first-order valence-corrected chi connectivity index (χ1v) is 7.39. The Hall–Kier alpha value is -3.03. The molecule has 0 spiro atoms. The predicted molar refractivity (Wildman–Crippen MR) is 86.4 cm³/mol. The van der Waals surface area contributed by atoms with Crippen LogP contribution in [-0.4, -0.2) is 42.4 Å². The first-order valence-electron chi connectivity index (χ1n) is 7.39. The van der Waals surface area contributed by atoms with Crippen LogP contribution in [0, 0.1) is 0 Å². The monoisotopic (exact) mass is 349 g/mol. The number of esters is 2. The van der Waals surface area contributed by atoms with E-state index in [4.69, 9.17) is 18.6 Å². The number of rotatable bonds is 3. The van der Waals surface area contributed by atoms with E-state index in [9.17, 15) is 14.4 Å². The molecule has 0 saturated carbocycles. The van der Waals surface area contributed by atoms with E-state index in [0.29, 0.717) is 0 Å². The number of carbonyl (C=O) groups is 3. The van der Waals surface area contributed by atoms with Crippen molar-refractivity contribution in [2.24, 2.45) is 0 Å². The molecule has 134 valence electrons. The van der Waals surface area contributed by atoms with Crippen molar-refractivity contribution < 1.29 is 33.0 Å². The number of nitrogens with zero attached hydrogens (tertiary/aromatic N) is 1. The van der Waals surface area contributed by atoms with E-state index in [1.54, 1.807) is 32.9 Å². The third kappa shape index (κ3) is 3.73. The second kappa shape index (κ2) is 6.84. The molecule has 0 bridgehead atoms. The summed E-state index contributed by atoms with van der Waals surface area (Å²) in [6, 6.07) is 4.51. The van der Waals surface area contributed by atoms with Crippen molar-refractivity contribution in [3.05, 3.63) is 35.7 Å². The van der Waals surface area contributed by atoms with Crippen LogP contribution in [-0.2, 0) is 14.2 Å². The fraction of sp³-hybridized carbons (Fsp3) is 0.353. The van der Waals surface area contributed by atoms with E-state index in [2.05, 4.69) is 0 Å². The topological polar surface area (TPSA) is 97.0 Å². The first kappa shape index (κ1) is 18.3. The smallest absolute Gasteiger partial charge is 0.419 e. The summed E-state index contributed by atoms with van der Waals surface area (Å²) in [5, 5.41) is 0. The second-order valence-electron chi connectivity index (χ2n) is 6.07. The van der Waals surface area contributed by atoms with Crippen LogP contribution in [0.3, 0.4) is 0 Å². The minimum Gasteiger partial charge on any atom is -0.465 e. The lowest BCUT2D eigenvalue weighted by molar-refractivity contribution is 0.0478. The largest absolute Gasteiger partial charge is 0.465 e. The summed E-state index contributed by atoms with van der Waals surface area (Å²) >= 11 is 0. The van der Waals surface area contributed by atoms with E-state index >= 15 is 0 Å². The lowest BCUT2D eigenvalue weighted by Gasteiger charge is -2.21. The van der Waals surface area contributed by atoms with Gasteiger partial charge in [-0.15, -0.1) is 0 Å². The van der Waals surface area contributed by atoms with Crippen molar-refractivity contribution in [1.82, 2.24) is 4.57 Å². The second-order valence-corrected chi connectivity index (χ2v) is 6.07. The lowest BCUT2D eigenvalue weighted by atomic mass is 10.2. The van der Waals surface area contributed by atoms with Crippen molar-refractivity contribution in [2.45, 2.75) is 26.4 Å².